The molecular weight excluding hydrogens is 312 g/mol. The first-order valence-electron chi connectivity index (χ1n) is 7.81. The van der Waals surface area contributed by atoms with Crippen molar-refractivity contribution in [2.24, 2.45) is 7.05 Å². The van der Waals surface area contributed by atoms with Crippen molar-refractivity contribution < 1.29 is 8.42 Å². The SMILES string of the molecule is Cc1ccc(S(=O)(=O)N2CCC[C@H](c3nncn3C)C2)cc1C. The summed E-state index contributed by atoms with van der Waals surface area (Å²) in [5, 5.41) is 8.05. The van der Waals surface area contributed by atoms with E-state index in [0.29, 0.717) is 18.0 Å². The molecule has 2 heterocycles. The lowest BCUT2D eigenvalue weighted by Gasteiger charge is -2.31. The van der Waals surface area contributed by atoms with Crippen LogP contribution in [0.5, 0.6) is 0 Å². The summed E-state index contributed by atoms with van der Waals surface area (Å²) >= 11 is 0. The summed E-state index contributed by atoms with van der Waals surface area (Å²) in [5.74, 6) is 0.947. The summed E-state index contributed by atoms with van der Waals surface area (Å²) < 4.78 is 29.3. The topological polar surface area (TPSA) is 68.1 Å². The Kier molecular flexibility index (Phi) is 4.25. The van der Waals surface area contributed by atoms with E-state index in [1.807, 2.05) is 31.5 Å². The largest absolute Gasteiger partial charge is 0.320 e. The average molecular weight is 334 g/mol. The first-order chi connectivity index (χ1) is 10.9. The predicted molar refractivity (Wildman–Crippen MR) is 87.7 cm³/mol. The van der Waals surface area contributed by atoms with Crippen molar-refractivity contribution in [3.05, 3.63) is 41.5 Å². The molecule has 6 nitrogen and oxygen atoms in total. The molecule has 3 rings (SSSR count). The molecule has 124 valence electrons. The third-order valence-electron chi connectivity index (χ3n) is 4.61. The van der Waals surface area contributed by atoms with Crippen LogP contribution in [0.25, 0.3) is 0 Å². The highest BCUT2D eigenvalue weighted by atomic mass is 32.2. The molecule has 0 bridgehead atoms. The third-order valence-corrected chi connectivity index (χ3v) is 6.47. The van der Waals surface area contributed by atoms with Gasteiger partial charge in [-0.15, -0.1) is 10.2 Å². The molecule has 1 saturated heterocycles. The molecule has 0 N–H and O–H groups in total. The predicted octanol–water partition coefficient (Wildman–Crippen LogP) is 2.00. The van der Waals surface area contributed by atoms with Gasteiger partial charge in [0.15, 0.2) is 0 Å². The van der Waals surface area contributed by atoms with E-state index in [1.54, 1.807) is 22.8 Å². The number of hydrogen-bond acceptors (Lipinski definition) is 4. The zero-order valence-corrected chi connectivity index (χ0v) is 14.5. The molecule has 2 aromatic rings. The molecule has 1 aromatic carbocycles. The standard InChI is InChI=1S/C16H22N4O2S/c1-12-6-7-15(9-13(12)2)23(21,22)20-8-4-5-14(10-20)16-18-17-11-19(16)3/h6-7,9,11,14H,4-5,8,10H2,1-3H3/t14-/m0/s1. The zero-order chi connectivity index (χ0) is 16.6. The van der Waals surface area contributed by atoms with Crippen LogP contribution in [-0.2, 0) is 17.1 Å². The highest BCUT2D eigenvalue weighted by Gasteiger charge is 2.32. The van der Waals surface area contributed by atoms with Crippen LogP contribution in [0, 0.1) is 13.8 Å². The van der Waals surface area contributed by atoms with Gasteiger partial charge in [-0.3, -0.25) is 0 Å². The normalized spacial score (nSPS) is 19.9. The monoisotopic (exact) mass is 334 g/mol. The maximum Gasteiger partial charge on any atom is 0.243 e. The molecule has 23 heavy (non-hydrogen) atoms. The van der Waals surface area contributed by atoms with Gasteiger partial charge >= 0.3 is 0 Å². The van der Waals surface area contributed by atoms with Crippen molar-refractivity contribution in [3.8, 4) is 0 Å². The number of nitrogens with zero attached hydrogens (tertiary/aromatic N) is 4. The fourth-order valence-corrected chi connectivity index (χ4v) is 4.67. The van der Waals surface area contributed by atoms with Gasteiger partial charge in [-0.2, -0.15) is 4.31 Å². The van der Waals surface area contributed by atoms with Gasteiger partial charge in [-0.25, -0.2) is 8.42 Å². The van der Waals surface area contributed by atoms with Crippen LogP contribution >= 0.6 is 0 Å². The Morgan fingerprint density at radius 2 is 2.00 bits per heavy atom. The zero-order valence-electron chi connectivity index (χ0n) is 13.7. The first-order valence-corrected chi connectivity index (χ1v) is 9.25. The summed E-state index contributed by atoms with van der Waals surface area (Å²) in [5.41, 5.74) is 2.09. The number of aryl methyl sites for hydroxylation is 3. The molecule has 0 saturated carbocycles. The molecule has 0 amide bonds. The molecule has 0 aliphatic carbocycles. The van der Waals surface area contributed by atoms with Gasteiger partial charge in [0.1, 0.15) is 12.2 Å². The summed E-state index contributed by atoms with van der Waals surface area (Å²) in [6.07, 6.45) is 3.43. The minimum absolute atomic E-state index is 0.0950. The fraction of sp³-hybridized carbons (Fsp3) is 0.500. The summed E-state index contributed by atoms with van der Waals surface area (Å²) in [7, 11) is -1.57. The molecule has 1 aromatic heterocycles. The van der Waals surface area contributed by atoms with E-state index in [-0.39, 0.29) is 5.92 Å². The number of aromatic nitrogens is 3. The second-order valence-electron chi connectivity index (χ2n) is 6.25. The Bertz CT molecular complexity index is 813. The molecule has 0 radical (unpaired) electrons. The molecular formula is C16H22N4O2S. The minimum Gasteiger partial charge on any atom is -0.320 e. The lowest BCUT2D eigenvalue weighted by Crippen LogP contribution is -2.39. The Morgan fingerprint density at radius 3 is 2.65 bits per heavy atom. The molecule has 1 aliphatic heterocycles. The average Bonchev–Trinajstić information content (AvgIpc) is 2.96. The van der Waals surface area contributed by atoms with Crippen LogP contribution in [0.4, 0.5) is 0 Å². The van der Waals surface area contributed by atoms with Gasteiger partial charge in [0.25, 0.3) is 0 Å². The van der Waals surface area contributed by atoms with Crippen molar-refractivity contribution in [3.63, 3.8) is 0 Å². The minimum atomic E-state index is -3.46. The maximum absolute atomic E-state index is 12.9. The fourth-order valence-electron chi connectivity index (χ4n) is 3.06. The number of rotatable bonds is 3. The molecule has 1 aliphatic rings. The molecule has 1 fully saturated rings. The van der Waals surface area contributed by atoms with Gasteiger partial charge in [-0.05, 0) is 49.9 Å². The van der Waals surface area contributed by atoms with E-state index in [2.05, 4.69) is 10.2 Å². The molecule has 0 spiro atoms. The number of hydrogen-bond donors (Lipinski definition) is 0. The van der Waals surface area contributed by atoms with Crippen LogP contribution in [0.2, 0.25) is 0 Å². The Morgan fingerprint density at radius 1 is 1.22 bits per heavy atom. The van der Waals surface area contributed by atoms with E-state index in [0.717, 1.165) is 29.8 Å². The Labute approximate surface area is 137 Å². The maximum atomic E-state index is 12.9. The summed E-state index contributed by atoms with van der Waals surface area (Å²) in [6.45, 7) is 4.94. The van der Waals surface area contributed by atoms with Crippen molar-refractivity contribution >= 4 is 10.0 Å². The van der Waals surface area contributed by atoms with E-state index < -0.39 is 10.0 Å². The van der Waals surface area contributed by atoms with Crippen LogP contribution in [-0.4, -0.2) is 40.6 Å². The first kappa shape index (κ1) is 16.1. The van der Waals surface area contributed by atoms with Crippen LogP contribution < -0.4 is 0 Å². The van der Waals surface area contributed by atoms with E-state index in [4.69, 9.17) is 0 Å². The van der Waals surface area contributed by atoms with E-state index in [1.165, 1.54) is 0 Å². The number of benzene rings is 1. The smallest absolute Gasteiger partial charge is 0.243 e. The Balaban J connectivity index is 1.88. The highest BCUT2D eigenvalue weighted by molar-refractivity contribution is 7.89. The van der Waals surface area contributed by atoms with Crippen LogP contribution in [0.3, 0.4) is 0 Å². The van der Waals surface area contributed by atoms with Crippen LogP contribution in [0.15, 0.2) is 29.4 Å². The Hall–Kier alpha value is -1.73. The summed E-state index contributed by atoms with van der Waals surface area (Å²) in [4.78, 5) is 0.374. The lowest BCUT2D eigenvalue weighted by atomic mass is 9.99. The van der Waals surface area contributed by atoms with Gasteiger partial charge < -0.3 is 4.57 Å². The molecule has 7 heteroatoms. The van der Waals surface area contributed by atoms with Gasteiger partial charge in [0.05, 0.1) is 4.90 Å². The highest BCUT2D eigenvalue weighted by Crippen LogP contribution is 2.29. The van der Waals surface area contributed by atoms with Crippen molar-refractivity contribution in [1.29, 1.82) is 0 Å². The van der Waals surface area contributed by atoms with Gasteiger partial charge in [-0.1, -0.05) is 6.07 Å². The third kappa shape index (κ3) is 3.03. The summed E-state index contributed by atoms with van der Waals surface area (Å²) in [6, 6.07) is 5.33. The van der Waals surface area contributed by atoms with Crippen LogP contribution in [0.1, 0.15) is 35.7 Å². The quantitative estimate of drug-likeness (QED) is 0.861. The lowest BCUT2D eigenvalue weighted by molar-refractivity contribution is 0.306. The number of sulfonamides is 1. The second kappa shape index (κ2) is 6.05. The van der Waals surface area contributed by atoms with E-state index >= 15 is 0 Å². The second-order valence-corrected chi connectivity index (χ2v) is 8.19. The van der Waals surface area contributed by atoms with Crippen molar-refractivity contribution in [1.82, 2.24) is 19.1 Å². The van der Waals surface area contributed by atoms with Crippen molar-refractivity contribution in [2.45, 2.75) is 37.5 Å². The van der Waals surface area contributed by atoms with E-state index in [9.17, 15) is 8.42 Å². The number of piperidine rings is 1. The van der Waals surface area contributed by atoms with Gasteiger partial charge in [0, 0.05) is 26.1 Å². The van der Waals surface area contributed by atoms with Gasteiger partial charge in [0.2, 0.25) is 10.0 Å². The molecule has 1 atom stereocenters. The molecule has 0 unspecified atom stereocenters. The van der Waals surface area contributed by atoms with Crippen molar-refractivity contribution in [2.75, 3.05) is 13.1 Å².